The number of aliphatic imine (C=N–C) groups is 1. The zero-order valence-electron chi connectivity index (χ0n) is 5.37. The summed E-state index contributed by atoms with van der Waals surface area (Å²) >= 11 is 1.77. The summed E-state index contributed by atoms with van der Waals surface area (Å²) in [5.41, 5.74) is 0.975. The Labute approximate surface area is 63.0 Å². The number of rotatable bonds is 1. The Morgan fingerprint density at radius 2 is 2.60 bits per heavy atom. The Balaban J connectivity index is 2.28. The zero-order valence-corrected chi connectivity index (χ0v) is 6.19. The highest BCUT2D eigenvalue weighted by molar-refractivity contribution is 8.14. The van der Waals surface area contributed by atoms with Crippen LogP contribution in [0.3, 0.4) is 0 Å². The smallest absolute Gasteiger partial charge is 0.118 e. The van der Waals surface area contributed by atoms with Gasteiger partial charge in [-0.25, -0.2) is 4.98 Å². The highest BCUT2D eigenvalue weighted by Gasteiger charge is 2.09. The molecule has 0 atom stereocenters. The first kappa shape index (κ1) is 5.97. The van der Waals surface area contributed by atoms with E-state index in [1.807, 2.05) is 6.20 Å². The lowest BCUT2D eigenvalue weighted by molar-refractivity contribution is 1.17. The average molecular weight is 153 g/mol. The number of imidazole rings is 1. The molecule has 1 aliphatic rings. The second-order valence-electron chi connectivity index (χ2n) is 1.99. The number of hydrogen-bond donors (Lipinski definition) is 1. The van der Waals surface area contributed by atoms with Gasteiger partial charge in [-0.2, -0.15) is 0 Å². The predicted octanol–water partition coefficient (Wildman–Crippen LogP) is 0.903. The molecule has 1 aromatic heterocycles. The van der Waals surface area contributed by atoms with Gasteiger partial charge in [0, 0.05) is 18.5 Å². The second kappa shape index (κ2) is 2.46. The Morgan fingerprint density at radius 3 is 3.20 bits per heavy atom. The van der Waals surface area contributed by atoms with Crippen LogP contribution in [0.2, 0.25) is 0 Å². The Kier molecular flexibility index (Phi) is 1.47. The summed E-state index contributed by atoms with van der Waals surface area (Å²) in [7, 11) is 0. The maximum atomic E-state index is 4.28. The topological polar surface area (TPSA) is 41.0 Å². The normalized spacial score (nSPS) is 17.4. The summed E-state index contributed by atoms with van der Waals surface area (Å²) in [5, 5.41) is 1.07. The number of hydrogen-bond acceptors (Lipinski definition) is 3. The third kappa shape index (κ3) is 0.945. The standard InChI is InChI=1S/C6H7N3S/c1-2-10-6(8-1)5-3-7-4-9-5/h3-4H,1-2H2,(H,7,9). The minimum absolute atomic E-state index is 0.937. The molecule has 0 radical (unpaired) electrons. The van der Waals surface area contributed by atoms with Crippen molar-refractivity contribution in [3.8, 4) is 0 Å². The molecule has 3 nitrogen and oxygen atoms in total. The molecule has 0 saturated carbocycles. The van der Waals surface area contributed by atoms with Crippen molar-refractivity contribution in [3.05, 3.63) is 18.2 Å². The minimum Gasteiger partial charge on any atom is -0.351 e. The number of nitrogens with one attached hydrogen (secondary N) is 1. The van der Waals surface area contributed by atoms with E-state index in [1.54, 1.807) is 18.1 Å². The van der Waals surface area contributed by atoms with Crippen LogP contribution in [0, 0.1) is 0 Å². The van der Waals surface area contributed by atoms with Crippen molar-refractivity contribution in [1.82, 2.24) is 9.97 Å². The first-order valence-electron chi connectivity index (χ1n) is 3.13. The molecule has 0 saturated heterocycles. The largest absolute Gasteiger partial charge is 0.351 e. The monoisotopic (exact) mass is 153 g/mol. The van der Waals surface area contributed by atoms with Gasteiger partial charge >= 0.3 is 0 Å². The van der Waals surface area contributed by atoms with E-state index in [9.17, 15) is 0 Å². The van der Waals surface area contributed by atoms with Gasteiger partial charge in [-0.1, -0.05) is 0 Å². The first-order valence-corrected chi connectivity index (χ1v) is 4.12. The molecule has 0 aromatic carbocycles. The number of H-pyrrole nitrogens is 1. The van der Waals surface area contributed by atoms with Gasteiger partial charge in [-0.05, 0) is 0 Å². The van der Waals surface area contributed by atoms with Crippen LogP contribution < -0.4 is 0 Å². The SMILES string of the molecule is c1nc(C2=NCCS2)c[nH]1. The van der Waals surface area contributed by atoms with Crippen LogP contribution in [0.1, 0.15) is 5.69 Å². The van der Waals surface area contributed by atoms with Crippen molar-refractivity contribution in [3.63, 3.8) is 0 Å². The molecule has 0 unspecified atom stereocenters. The fourth-order valence-electron chi connectivity index (χ4n) is 0.867. The lowest BCUT2D eigenvalue weighted by Crippen LogP contribution is -1.90. The fraction of sp³-hybridized carbons (Fsp3) is 0.333. The summed E-state index contributed by atoms with van der Waals surface area (Å²) in [4.78, 5) is 11.3. The van der Waals surface area contributed by atoms with E-state index >= 15 is 0 Å². The molecule has 0 fully saturated rings. The quantitative estimate of drug-likeness (QED) is 0.651. The van der Waals surface area contributed by atoms with E-state index in [2.05, 4.69) is 15.0 Å². The molecule has 0 aliphatic carbocycles. The molecule has 1 aromatic rings. The van der Waals surface area contributed by atoms with Crippen molar-refractivity contribution in [1.29, 1.82) is 0 Å². The molecule has 0 spiro atoms. The van der Waals surface area contributed by atoms with Crippen molar-refractivity contribution >= 4 is 16.8 Å². The van der Waals surface area contributed by atoms with Gasteiger partial charge in [-0.3, -0.25) is 4.99 Å². The summed E-state index contributed by atoms with van der Waals surface area (Å²) in [6, 6.07) is 0. The molecular formula is C6H7N3S. The van der Waals surface area contributed by atoms with E-state index in [0.717, 1.165) is 23.0 Å². The van der Waals surface area contributed by atoms with Gasteiger partial charge < -0.3 is 4.98 Å². The summed E-state index contributed by atoms with van der Waals surface area (Å²) < 4.78 is 0. The van der Waals surface area contributed by atoms with E-state index in [4.69, 9.17) is 0 Å². The van der Waals surface area contributed by atoms with Crippen LogP contribution in [0.25, 0.3) is 0 Å². The Bertz CT molecular complexity index is 240. The van der Waals surface area contributed by atoms with Gasteiger partial charge in [0.15, 0.2) is 0 Å². The lowest BCUT2D eigenvalue weighted by atomic mass is 10.5. The second-order valence-corrected chi connectivity index (χ2v) is 3.07. The molecule has 2 rings (SSSR count). The van der Waals surface area contributed by atoms with Crippen LogP contribution in [0.15, 0.2) is 17.5 Å². The number of thioether (sulfide) groups is 1. The van der Waals surface area contributed by atoms with E-state index in [0.29, 0.717) is 0 Å². The van der Waals surface area contributed by atoms with Crippen molar-refractivity contribution in [2.24, 2.45) is 4.99 Å². The van der Waals surface area contributed by atoms with Crippen LogP contribution in [-0.4, -0.2) is 27.3 Å². The highest BCUT2D eigenvalue weighted by atomic mass is 32.2. The fourth-order valence-corrected chi connectivity index (χ4v) is 1.69. The molecule has 2 heterocycles. The first-order chi connectivity index (χ1) is 4.97. The van der Waals surface area contributed by atoms with Crippen LogP contribution in [0.5, 0.6) is 0 Å². The molecule has 0 bridgehead atoms. The van der Waals surface area contributed by atoms with Gasteiger partial charge in [0.2, 0.25) is 0 Å². The van der Waals surface area contributed by atoms with Gasteiger partial charge in [0.05, 0.1) is 6.33 Å². The summed E-state index contributed by atoms with van der Waals surface area (Å²) in [6.07, 6.45) is 3.55. The summed E-state index contributed by atoms with van der Waals surface area (Å²) in [5.74, 6) is 1.10. The molecule has 4 heteroatoms. The molecular weight excluding hydrogens is 146 g/mol. The predicted molar refractivity (Wildman–Crippen MR) is 42.4 cm³/mol. The van der Waals surface area contributed by atoms with Crippen molar-refractivity contribution in [2.75, 3.05) is 12.3 Å². The van der Waals surface area contributed by atoms with E-state index in [-0.39, 0.29) is 0 Å². The number of nitrogens with zero attached hydrogens (tertiary/aromatic N) is 2. The minimum atomic E-state index is 0.937. The Hall–Kier alpha value is -0.770. The van der Waals surface area contributed by atoms with Crippen molar-refractivity contribution < 1.29 is 0 Å². The summed E-state index contributed by atoms with van der Waals surface area (Å²) in [6.45, 7) is 0.937. The third-order valence-corrected chi connectivity index (χ3v) is 2.30. The van der Waals surface area contributed by atoms with Gasteiger partial charge in [0.25, 0.3) is 0 Å². The average Bonchev–Trinajstić information content (AvgIpc) is 2.59. The third-order valence-electron chi connectivity index (χ3n) is 1.30. The maximum absolute atomic E-state index is 4.28. The number of aromatic nitrogens is 2. The maximum Gasteiger partial charge on any atom is 0.118 e. The van der Waals surface area contributed by atoms with Crippen LogP contribution in [0.4, 0.5) is 0 Å². The molecule has 1 aliphatic heterocycles. The van der Waals surface area contributed by atoms with Crippen molar-refractivity contribution in [2.45, 2.75) is 0 Å². The van der Waals surface area contributed by atoms with Gasteiger partial charge in [-0.15, -0.1) is 11.8 Å². The van der Waals surface area contributed by atoms with E-state index in [1.165, 1.54) is 0 Å². The Morgan fingerprint density at radius 1 is 1.60 bits per heavy atom. The zero-order chi connectivity index (χ0) is 6.81. The molecule has 1 N–H and O–H groups in total. The van der Waals surface area contributed by atoms with E-state index < -0.39 is 0 Å². The van der Waals surface area contributed by atoms with Crippen LogP contribution in [-0.2, 0) is 0 Å². The molecule has 52 valence electrons. The lowest BCUT2D eigenvalue weighted by Gasteiger charge is -1.88. The molecule has 0 amide bonds. The highest BCUT2D eigenvalue weighted by Crippen LogP contribution is 2.16. The number of aromatic amines is 1. The van der Waals surface area contributed by atoms with Crippen LogP contribution >= 0.6 is 11.8 Å². The van der Waals surface area contributed by atoms with Gasteiger partial charge in [0.1, 0.15) is 10.7 Å². The molecule has 10 heavy (non-hydrogen) atoms.